The van der Waals surface area contributed by atoms with Crippen LogP contribution in [0.1, 0.15) is 39.0 Å². The van der Waals surface area contributed by atoms with Gasteiger partial charge in [0, 0.05) is 6.61 Å². The van der Waals surface area contributed by atoms with Gasteiger partial charge in [0.05, 0.1) is 18.3 Å². The summed E-state index contributed by atoms with van der Waals surface area (Å²) < 4.78 is 0. The summed E-state index contributed by atoms with van der Waals surface area (Å²) in [5.74, 6) is 0. The van der Waals surface area contributed by atoms with Crippen molar-refractivity contribution in [3.05, 3.63) is 0 Å². The lowest BCUT2D eigenvalue weighted by molar-refractivity contribution is 0.0298. The molecule has 0 rings (SSSR count). The third kappa shape index (κ3) is 7.26. The zero-order chi connectivity index (χ0) is 11.0. The Balaban J connectivity index is 3.57. The van der Waals surface area contributed by atoms with Gasteiger partial charge in [0.15, 0.2) is 0 Å². The van der Waals surface area contributed by atoms with Gasteiger partial charge in [-0.05, 0) is 25.7 Å². The second kappa shape index (κ2) is 8.17. The van der Waals surface area contributed by atoms with E-state index in [1.54, 1.807) is 0 Å². The summed E-state index contributed by atoms with van der Waals surface area (Å²) in [7, 11) is 0. The molecule has 0 aromatic rings. The summed E-state index contributed by atoms with van der Waals surface area (Å²) in [6.07, 6.45) is 0.511. The summed E-state index contributed by atoms with van der Waals surface area (Å²) in [4.78, 5) is 0. The topological polar surface area (TPSA) is 80.9 Å². The van der Waals surface area contributed by atoms with E-state index in [-0.39, 0.29) is 19.4 Å². The van der Waals surface area contributed by atoms with Crippen LogP contribution in [0.2, 0.25) is 0 Å². The molecule has 0 spiro atoms. The lowest BCUT2D eigenvalue weighted by atomic mass is 10.0. The number of hydrogen-bond donors (Lipinski definition) is 4. The Kier molecular flexibility index (Phi) is 8.08. The Bertz CT molecular complexity index is 115. The van der Waals surface area contributed by atoms with Gasteiger partial charge in [0.1, 0.15) is 0 Å². The van der Waals surface area contributed by atoms with Gasteiger partial charge in [-0.3, -0.25) is 0 Å². The zero-order valence-corrected chi connectivity index (χ0v) is 8.76. The molecule has 0 fully saturated rings. The quantitative estimate of drug-likeness (QED) is 0.452. The van der Waals surface area contributed by atoms with E-state index in [1.807, 2.05) is 6.92 Å². The third-order valence-electron chi connectivity index (χ3n) is 2.17. The highest BCUT2D eigenvalue weighted by atomic mass is 16.3. The van der Waals surface area contributed by atoms with Crippen LogP contribution in [0.25, 0.3) is 0 Å². The van der Waals surface area contributed by atoms with E-state index in [2.05, 4.69) is 0 Å². The Labute approximate surface area is 85.2 Å². The van der Waals surface area contributed by atoms with E-state index in [4.69, 9.17) is 5.11 Å². The van der Waals surface area contributed by atoms with Crippen LogP contribution in [0.5, 0.6) is 0 Å². The van der Waals surface area contributed by atoms with Crippen molar-refractivity contribution in [2.75, 3.05) is 6.61 Å². The van der Waals surface area contributed by atoms with Crippen molar-refractivity contribution in [1.82, 2.24) is 0 Å². The van der Waals surface area contributed by atoms with Crippen LogP contribution in [0.4, 0.5) is 0 Å². The first-order valence-corrected chi connectivity index (χ1v) is 5.25. The fourth-order valence-corrected chi connectivity index (χ4v) is 1.44. The van der Waals surface area contributed by atoms with E-state index in [9.17, 15) is 15.3 Å². The Morgan fingerprint density at radius 3 is 1.79 bits per heavy atom. The molecule has 0 saturated carbocycles. The van der Waals surface area contributed by atoms with Crippen LogP contribution in [0, 0.1) is 0 Å². The number of aliphatic hydroxyl groups excluding tert-OH is 4. The standard InChI is InChI=1S/C10H22O4/c1-2-3-8(12)6-10(14)7-9(13)4-5-11/h8-14H,2-7H2,1H3/t8-,9+,10+/m0/s1. The highest BCUT2D eigenvalue weighted by Gasteiger charge is 2.15. The van der Waals surface area contributed by atoms with Crippen LogP contribution >= 0.6 is 0 Å². The SMILES string of the molecule is CCC[C@H](O)C[C@@H](O)C[C@H](O)CCO. The van der Waals surface area contributed by atoms with Crippen molar-refractivity contribution < 1.29 is 20.4 Å². The van der Waals surface area contributed by atoms with Crippen molar-refractivity contribution in [2.24, 2.45) is 0 Å². The molecule has 0 aromatic heterocycles. The first kappa shape index (κ1) is 13.8. The molecule has 86 valence electrons. The molecule has 4 heteroatoms. The fraction of sp³-hybridized carbons (Fsp3) is 1.00. The number of rotatable bonds is 8. The Hall–Kier alpha value is -0.160. The average molecular weight is 206 g/mol. The number of aliphatic hydroxyl groups is 4. The van der Waals surface area contributed by atoms with E-state index >= 15 is 0 Å². The van der Waals surface area contributed by atoms with Crippen molar-refractivity contribution in [2.45, 2.75) is 57.3 Å². The van der Waals surface area contributed by atoms with E-state index in [0.717, 1.165) is 6.42 Å². The maximum Gasteiger partial charge on any atom is 0.0589 e. The van der Waals surface area contributed by atoms with Gasteiger partial charge in [-0.25, -0.2) is 0 Å². The van der Waals surface area contributed by atoms with Crippen LogP contribution in [-0.2, 0) is 0 Å². The Morgan fingerprint density at radius 1 is 0.857 bits per heavy atom. The lowest BCUT2D eigenvalue weighted by Gasteiger charge is -2.17. The largest absolute Gasteiger partial charge is 0.396 e. The summed E-state index contributed by atoms with van der Waals surface area (Å²) in [5.41, 5.74) is 0. The minimum atomic E-state index is -0.682. The van der Waals surface area contributed by atoms with Gasteiger partial charge in [-0.1, -0.05) is 13.3 Å². The predicted molar refractivity (Wildman–Crippen MR) is 53.9 cm³/mol. The molecular weight excluding hydrogens is 184 g/mol. The predicted octanol–water partition coefficient (Wildman–Crippen LogP) is 0.0318. The summed E-state index contributed by atoms with van der Waals surface area (Å²) in [6.45, 7) is 1.89. The first-order chi connectivity index (χ1) is 6.60. The minimum Gasteiger partial charge on any atom is -0.396 e. The van der Waals surface area contributed by atoms with Crippen molar-refractivity contribution in [3.63, 3.8) is 0 Å². The van der Waals surface area contributed by atoms with E-state index in [0.29, 0.717) is 12.8 Å². The van der Waals surface area contributed by atoms with Crippen LogP contribution in [0.3, 0.4) is 0 Å². The van der Waals surface area contributed by atoms with Gasteiger partial charge in [-0.2, -0.15) is 0 Å². The molecular formula is C10H22O4. The molecule has 0 aliphatic carbocycles. The molecule has 0 unspecified atom stereocenters. The molecule has 0 bridgehead atoms. The van der Waals surface area contributed by atoms with Crippen LogP contribution in [-0.4, -0.2) is 45.3 Å². The molecule has 4 N–H and O–H groups in total. The van der Waals surface area contributed by atoms with Crippen LogP contribution in [0.15, 0.2) is 0 Å². The van der Waals surface area contributed by atoms with Crippen LogP contribution < -0.4 is 0 Å². The summed E-state index contributed by atoms with van der Waals surface area (Å²) in [5, 5.41) is 36.6. The van der Waals surface area contributed by atoms with Gasteiger partial charge in [-0.15, -0.1) is 0 Å². The zero-order valence-electron chi connectivity index (χ0n) is 8.76. The smallest absolute Gasteiger partial charge is 0.0589 e. The van der Waals surface area contributed by atoms with Crippen molar-refractivity contribution >= 4 is 0 Å². The average Bonchev–Trinajstić information content (AvgIpc) is 2.03. The number of hydrogen-bond acceptors (Lipinski definition) is 4. The Morgan fingerprint density at radius 2 is 1.36 bits per heavy atom. The highest BCUT2D eigenvalue weighted by molar-refractivity contribution is 4.67. The van der Waals surface area contributed by atoms with E-state index < -0.39 is 18.3 Å². The monoisotopic (exact) mass is 206 g/mol. The molecule has 0 heterocycles. The first-order valence-electron chi connectivity index (χ1n) is 5.25. The molecule has 3 atom stereocenters. The van der Waals surface area contributed by atoms with Crippen molar-refractivity contribution in [1.29, 1.82) is 0 Å². The lowest BCUT2D eigenvalue weighted by Crippen LogP contribution is -2.23. The molecule has 0 aromatic carbocycles. The van der Waals surface area contributed by atoms with E-state index in [1.165, 1.54) is 0 Å². The summed E-state index contributed by atoms with van der Waals surface area (Å²) >= 11 is 0. The normalized spacial score (nSPS) is 17.8. The minimum absolute atomic E-state index is 0.0780. The maximum atomic E-state index is 9.44. The van der Waals surface area contributed by atoms with Gasteiger partial charge >= 0.3 is 0 Å². The van der Waals surface area contributed by atoms with Crippen molar-refractivity contribution in [3.8, 4) is 0 Å². The molecule has 0 aliphatic rings. The maximum absolute atomic E-state index is 9.44. The van der Waals surface area contributed by atoms with Gasteiger partial charge < -0.3 is 20.4 Å². The second-order valence-corrected chi connectivity index (χ2v) is 3.73. The molecule has 4 nitrogen and oxygen atoms in total. The van der Waals surface area contributed by atoms with Gasteiger partial charge in [0.25, 0.3) is 0 Å². The third-order valence-corrected chi connectivity index (χ3v) is 2.17. The molecule has 0 saturated heterocycles. The highest BCUT2D eigenvalue weighted by Crippen LogP contribution is 2.10. The summed E-state index contributed by atoms with van der Waals surface area (Å²) in [6, 6.07) is 0. The molecule has 0 radical (unpaired) electrons. The fourth-order valence-electron chi connectivity index (χ4n) is 1.44. The molecule has 0 amide bonds. The molecule has 14 heavy (non-hydrogen) atoms. The molecule has 0 aliphatic heterocycles. The second-order valence-electron chi connectivity index (χ2n) is 3.73. The van der Waals surface area contributed by atoms with Gasteiger partial charge in [0.2, 0.25) is 0 Å².